The lowest BCUT2D eigenvalue weighted by Crippen LogP contribution is -2.17. The van der Waals surface area contributed by atoms with E-state index in [0.29, 0.717) is 18.8 Å². The van der Waals surface area contributed by atoms with Crippen LogP contribution in [0.15, 0.2) is 0 Å². The molecule has 0 saturated carbocycles. The number of carbonyl (C=O) groups is 1. The van der Waals surface area contributed by atoms with Crippen LogP contribution in [0, 0.1) is 0 Å². The molecule has 0 amide bonds. The molecule has 1 atom stereocenters. The molecule has 1 aliphatic rings. The standard InChI is InChI=1S/C8H14O3S/c9-8(3-5-12)11-6-7-2-1-4-10-7/h7,12H,1-6H2. The fraction of sp³-hybridized carbons (Fsp3) is 0.875. The third-order valence-electron chi connectivity index (χ3n) is 1.77. The molecule has 0 N–H and O–H groups in total. The molecule has 0 aromatic rings. The van der Waals surface area contributed by atoms with E-state index in [9.17, 15) is 4.79 Å². The zero-order valence-electron chi connectivity index (χ0n) is 6.99. The van der Waals surface area contributed by atoms with Crippen molar-refractivity contribution in [2.75, 3.05) is 19.0 Å². The van der Waals surface area contributed by atoms with E-state index < -0.39 is 0 Å². The molecule has 0 aromatic carbocycles. The molecule has 70 valence electrons. The fourth-order valence-electron chi connectivity index (χ4n) is 1.13. The van der Waals surface area contributed by atoms with Crippen LogP contribution in [0.4, 0.5) is 0 Å². The van der Waals surface area contributed by atoms with Crippen LogP contribution >= 0.6 is 12.6 Å². The number of carbonyl (C=O) groups excluding carboxylic acids is 1. The summed E-state index contributed by atoms with van der Waals surface area (Å²) < 4.78 is 10.2. The number of thiol groups is 1. The van der Waals surface area contributed by atoms with Gasteiger partial charge in [-0.2, -0.15) is 12.6 Å². The number of esters is 1. The summed E-state index contributed by atoms with van der Waals surface area (Å²) in [6, 6.07) is 0. The highest BCUT2D eigenvalue weighted by molar-refractivity contribution is 7.80. The first-order valence-corrected chi connectivity index (χ1v) is 4.84. The van der Waals surface area contributed by atoms with E-state index in [1.165, 1.54) is 0 Å². The van der Waals surface area contributed by atoms with Gasteiger partial charge < -0.3 is 9.47 Å². The third kappa shape index (κ3) is 3.45. The summed E-state index contributed by atoms with van der Waals surface area (Å²) in [6.07, 6.45) is 2.60. The van der Waals surface area contributed by atoms with Crippen molar-refractivity contribution in [3.05, 3.63) is 0 Å². The Hall–Kier alpha value is -0.220. The van der Waals surface area contributed by atoms with Crippen molar-refractivity contribution in [1.82, 2.24) is 0 Å². The Morgan fingerprint density at radius 1 is 1.67 bits per heavy atom. The molecular formula is C8H14O3S. The zero-order valence-corrected chi connectivity index (χ0v) is 7.89. The van der Waals surface area contributed by atoms with Crippen LogP contribution in [-0.2, 0) is 14.3 Å². The van der Waals surface area contributed by atoms with Gasteiger partial charge in [-0.3, -0.25) is 4.79 Å². The van der Waals surface area contributed by atoms with E-state index in [0.717, 1.165) is 19.4 Å². The van der Waals surface area contributed by atoms with E-state index in [1.807, 2.05) is 0 Å². The zero-order chi connectivity index (χ0) is 8.81. The normalized spacial score (nSPS) is 22.6. The lowest BCUT2D eigenvalue weighted by atomic mass is 10.2. The Kier molecular flexibility index (Phi) is 4.46. The Morgan fingerprint density at radius 2 is 2.50 bits per heavy atom. The van der Waals surface area contributed by atoms with Gasteiger partial charge in [0, 0.05) is 12.4 Å². The maximum atomic E-state index is 10.9. The molecule has 1 rings (SSSR count). The Morgan fingerprint density at radius 3 is 3.08 bits per heavy atom. The second kappa shape index (κ2) is 5.43. The van der Waals surface area contributed by atoms with Crippen molar-refractivity contribution in [1.29, 1.82) is 0 Å². The minimum atomic E-state index is -0.180. The molecule has 0 radical (unpaired) electrons. The van der Waals surface area contributed by atoms with Crippen molar-refractivity contribution < 1.29 is 14.3 Å². The van der Waals surface area contributed by atoms with Gasteiger partial charge in [0.05, 0.1) is 12.5 Å². The van der Waals surface area contributed by atoms with Crippen LogP contribution in [0.25, 0.3) is 0 Å². The first-order valence-electron chi connectivity index (χ1n) is 4.21. The lowest BCUT2D eigenvalue weighted by molar-refractivity contribution is -0.146. The first kappa shape index (κ1) is 9.86. The molecule has 3 nitrogen and oxygen atoms in total. The van der Waals surface area contributed by atoms with Crippen molar-refractivity contribution in [2.45, 2.75) is 25.4 Å². The quantitative estimate of drug-likeness (QED) is 0.531. The number of rotatable bonds is 4. The van der Waals surface area contributed by atoms with Gasteiger partial charge in [0.15, 0.2) is 0 Å². The van der Waals surface area contributed by atoms with Crippen LogP contribution in [0.3, 0.4) is 0 Å². The first-order chi connectivity index (χ1) is 5.83. The van der Waals surface area contributed by atoms with Crippen molar-refractivity contribution in [3.8, 4) is 0 Å². The van der Waals surface area contributed by atoms with Crippen molar-refractivity contribution >= 4 is 18.6 Å². The summed E-state index contributed by atoms with van der Waals surface area (Å²) in [5.41, 5.74) is 0. The Balaban J connectivity index is 2.03. The van der Waals surface area contributed by atoms with Crippen molar-refractivity contribution in [3.63, 3.8) is 0 Å². The molecule has 12 heavy (non-hydrogen) atoms. The smallest absolute Gasteiger partial charge is 0.306 e. The minimum absolute atomic E-state index is 0.133. The fourth-order valence-corrected chi connectivity index (χ4v) is 1.31. The molecule has 0 bridgehead atoms. The number of hydrogen-bond acceptors (Lipinski definition) is 4. The van der Waals surface area contributed by atoms with Gasteiger partial charge in [-0.05, 0) is 12.8 Å². The average Bonchev–Trinajstić information content (AvgIpc) is 2.53. The molecule has 0 spiro atoms. The molecule has 1 heterocycles. The highest BCUT2D eigenvalue weighted by Crippen LogP contribution is 2.12. The second-order valence-electron chi connectivity index (χ2n) is 2.79. The predicted octanol–water partition coefficient (Wildman–Crippen LogP) is 1.03. The van der Waals surface area contributed by atoms with E-state index in [1.54, 1.807) is 0 Å². The maximum Gasteiger partial charge on any atom is 0.306 e. The molecule has 1 aliphatic heterocycles. The molecule has 0 aromatic heterocycles. The largest absolute Gasteiger partial charge is 0.463 e. The van der Waals surface area contributed by atoms with Crippen LogP contribution in [0.1, 0.15) is 19.3 Å². The third-order valence-corrected chi connectivity index (χ3v) is 1.99. The van der Waals surface area contributed by atoms with E-state index >= 15 is 0 Å². The SMILES string of the molecule is O=C(CCS)OCC1CCCO1. The second-order valence-corrected chi connectivity index (χ2v) is 3.24. The van der Waals surface area contributed by atoms with E-state index in [2.05, 4.69) is 12.6 Å². The van der Waals surface area contributed by atoms with Crippen molar-refractivity contribution in [2.24, 2.45) is 0 Å². The van der Waals surface area contributed by atoms with Crippen LogP contribution in [-0.4, -0.2) is 31.0 Å². The number of hydrogen-bond donors (Lipinski definition) is 1. The van der Waals surface area contributed by atoms with Gasteiger partial charge >= 0.3 is 5.97 Å². The summed E-state index contributed by atoms with van der Waals surface area (Å²) in [7, 11) is 0. The maximum absolute atomic E-state index is 10.9. The van der Waals surface area contributed by atoms with Gasteiger partial charge in [0.1, 0.15) is 6.61 Å². The predicted molar refractivity (Wildman–Crippen MR) is 48.4 cm³/mol. The molecule has 4 heteroatoms. The van der Waals surface area contributed by atoms with Gasteiger partial charge in [-0.1, -0.05) is 0 Å². The summed E-state index contributed by atoms with van der Waals surface area (Å²) in [6.45, 7) is 1.21. The summed E-state index contributed by atoms with van der Waals surface area (Å²) in [5.74, 6) is 0.366. The topological polar surface area (TPSA) is 35.5 Å². The minimum Gasteiger partial charge on any atom is -0.463 e. The number of ether oxygens (including phenoxy) is 2. The molecule has 1 saturated heterocycles. The average molecular weight is 190 g/mol. The highest BCUT2D eigenvalue weighted by atomic mass is 32.1. The van der Waals surface area contributed by atoms with Gasteiger partial charge in [-0.15, -0.1) is 0 Å². The van der Waals surface area contributed by atoms with Crippen LogP contribution in [0.5, 0.6) is 0 Å². The van der Waals surface area contributed by atoms with Gasteiger partial charge in [0.2, 0.25) is 0 Å². The molecule has 1 fully saturated rings. The van der Waals surface area contributed by atoms with Crippen LogP contribution in [0.2, 0.25) is 0 Å². The highest BCUT2D eigenvalue weighted by Gasteiger charge is 2.16. The van der Waals surface area contributed by atoms with E-state index in [4.69, 9.17) is 9.47 Å². The lowest BCUT2D eigenvalue weighted by Gasteiger charge is -2.09. The molecule has 0 aliphatic carbocycles. The summed E-state index contributed by atoms with van der Waals surface area (Å²) in [5, 5.41) is 0. The Bertz CT molecular complexity index is 143. The van der Waals surface area contributed by atoms with E-state index in [-0.39, 0.29) is 12.1 Å². The molecular weight excluding hydrogens is 176 g/mol. The summed E-state index contributed by atoms with van der Waals surface area (Å²) in [4.78, 5) is 10.9. The molecule has 1 unspecified atom stereocenters. The monoisotopic (exact) mass is 190 g/mol. The van der Waals surface area contributed by atoms with Gasteiger partial charge in [-0.25, -0.2) is 0 Å². The van der Waals surface area contributed by atoms with Crippen LogP contribution < -0.4 is 0 Å². The van der Waals surface area contributed by atoms with Gasteiger partial charge in [0.25, 0.3) is 0 Å². The Labute approximate surface area is 77.8 Å². The summed E-state index contributed by atoms with van der Waals surface area (Å²) >= 11 is 3.93.